The van der Waals surface area contributed by atoms with E-state index in [0.717, 1.165) is 5.06 Å². The summed E-state index contributed by atoms with van der Waals surface area (Å²) in [6.45, 7) is 6.55. The van der Waals surface area contributed by atoms with Crippen LogP contribution in [0.4, 0.5) is 4.79 Å². The van der Waals surface area contributed by atoms with Crippen LogP contribution >= 0.6 is 0 Å². The quantitative estimate of drug-likeness (QED) is 0.672. The van der Waals surface area contributed by atoms with Crippen molar-refractivity contribution in [1.82, 2.24) is 10.4 Å². The van der Waals surface area contributed by atoms with Gasteiger partial charge >= 0.3 is 6.09 Å². The maximum absolute atomic E-state index is 12.1. The third-order valence-corrected chi connectivity index (χ3v) is 3.49. The minimum Gasteiger partial charge on any atom is -0.444 e. The van der Waals surface area contributed by atoms with Crippen molar-refractivity contribution in [2.24, 2.45) is 0 Å². The van der Waals surface area contributed by atoms with E-state index in [9.17, 15) is 10.0 Å². The van der Waals surface area contributed by atoms with E-state index in [1.165, 1.54) is 0 Å². The molecule has 1 radical (unpaired) electrons. The zero-order valence-corrected chi connectivity index (χ0v) is 11.8. The van der Waals surface area contributed by atoms with Gasteiger partial charge in [0.1, 0.15) is 6.10 Å². The largest absolute Gasteiger partial charge is 0.444 e. The van der Waals surface area contributed by atoms with Crippen molar-refractivity contribution >= 4 is 6.09 Å². The lowest BCUT2D eigenvalue weighted by molar-refractivity contribution is -0.251. The van der Waals surface area contributed by atoms with Crippen LogP contribution in [-0.4, -0.2) is 57.8 Å². The number of aliphatic hydroxyl groups is 2. The summed E-state index contributed by atoms with van der Waals surface area (Å²) < 4.78 is 5.24. The molecule has 1 aliphatic heterocycles. The zero-order chi connectivity index (χ0) is 14.8. The lowest BCUT2D eigenvalue weighted by atomic mass is 9.97. The van der Waals surface area contributed by atoms with Gasteiger partial charge in [-0.15, -0.1) is 10.3 Å². The van der Waals surface area contributed by atoms with Crippen molar-refractivity contribution in [3.05, 3.63) is 0 Å². The normalized spacial score (nSPS) is 27.0. The van der Waals surface area contributed by atoms with Gasteiger partial charge in [0, 0.05) is 18.5 Å². The van der Waals surface area contributed by atoms with E-state index in [2.05, 4.69) is 5.32 Å². The first-order valence-electron chi connectivity index (χ1n) is 6.32. The van der Waals surface area contributed by atoms with Crippen LogP contribution in [0.15, 0.2) is 0 Å². The number of carbonyl (C=O) groups excluding carboxylic acids is 1. The first-order valence-corrected chi connectivity index (χ1v) is 6.32. The molecule has 0 saturated carbocycles. The number of amides is 1. The molecule has 2 atom stereocenters. The maximum Gasteiger partial charge on any atom is 0.407 e. The first-order chi connectivity index (χ1) is 8.61. The smallest absolute Gasteiger partial charge is 0.407 e. The number of nitrogens with zero attached hydrogens (tertiary/aromatic N) is 1. The number of ether oxygens (including phenoxy) is 1. The van der Waals surface area contributed by atoms with Crippen molar-refractivity contribution in [2.45, 2.75) is 57.4 Å². The Morgan fingerprint density at radius 3 is 2.47 bits per heavy atom. The van der Waals surface area contributed by atoms with Crippen LogP contribution in [0.3, 0.4) is 0 Å². The molecule has 7 nitrogen and oxygen atoms in total. The van der Waals surface area contributed by atoms with Gasteiger partial charge in [-0.05, 0) is 27.7 Å². The maximum atomic E-state index is 12.1. The highest BCUT2D eigenvalue weighted by molar-refractivity contribution is 5.67. The average molecular weight is 275 g/mol. The zero-order valence-electron chi connectivity index (χ0n) is 11.8. The summed E-state index contributed by atoms with van der Waals surface area (Å²) in [7, 11) is 0. The number of hydroxylamine groups is 2. The molecule has 19 heavy (non-hydrogen) atoms. The molecule has 0 bridgehead atoms. The highest BCUT2D eigenvalue weighted by atomic mass is 16.6. The number of alkyl carbamates (subject to hydrolysis) is 1. The van der Waals surface area contributed by atoms with Crippen molar-refractivity contribution < 1.29 is 25.0 Å². The van der Waals surface area contributed by atoms with Gasteiger partial charge < -0.3 is 20.3 Å². The van der Waals surface area contributed by atoms with Crippen LogP contribution in [0.1, 0.15) is 34.1 Å². The van der Waals surface area contributed by atoms with Crippen molar-refractivity contribution in [1.29, 1.82) is 0 Å². The Morgan fingerprint density at radius 2 is 2.05 bits per heavy atom. The molecule has 0 aromatic rings. The summed E-state index contributed by atoms with van der Waals surface area (Å²) in [6, 6.07) is 0. The van der Waals surface area contributed by atoms with Crippen molar-refractivity contribution in [3.63, 3.8) is 0 Å². The highest BCUT2D eigenvalue weighted by Gasteiger charge is 2.54. The molecule has 3 N–H and O–H groups in total. The van der Waals surface area contributed by atoms with E-state index >= 15 is 0 Å². The summed E-state index contributed by atoms with van der Waals surface area (Å²) in [4.78, 5) is 11.6. The molecule has 0 aliphatic carbocycles. The molecule has 0 spiro atoms. The Balaban J connectivity index is 2.56. The molecule has 7 heteroatoms. The molecule has 0 aromatic heterocycles. The first kappa shape index (κ1) is 16.2. The van der Waals surface area contributed by atoms with Gasteiger partial charge in [-0.2, -0.15) is 0 Å². The van der Waals surface area contributed by atoms with E-state index in [0.29, 0.717) is 6.42 Å². The summed E-state index contributed by atoms with van der Waals surface area (Å²) in [6.07, 6.45) is -1.79. The number of hydrogen-bond acceptors (Lipinski definition) is 5. The van der Waals surface area contributed by atoms with Crippen LogP contribution in [0.2, 0.25) is 0 Å². The number of aliphatic hydroxyl groups excluding tert-OH is 2. The van der Waals surface area contributed by atoms with Gasteiger partial charge in [-0.1, -0.05) is 0 Å². The second-order valence-electron chi connectivity index (χ2n) is 6.08. The van der Waals surface area contributed by atoms with E-state index in [-0.39, 0.29) is 6.54 Å². The Kier molecular flexibility index (Phi) is 4.78. The Bertz CT molecular complexity index is 332. The standard InChI is InChI=1S/C12H23N2O5/c1-11(2)5-9(12(3,4)14(11)18)19-10(17)13-6-8(16)7-15/h8-9,15-16H,5-7H2,1-4H3,(H,13,17). The fraction of sp³-hybridized carbons (Fsp3) is 0.917. The predicted octanol–water partition coefficient (Wildman–Crippen LogP) is 0.0428. The predicted molar refractivity (Wildman–Crippen MR) is 66.7 cm³/mol. The third kappa shape index (κ3) is 3.56. The average Bonchev–Trinajstić information content (AvgIpc) is 2.47. The molecule has 1 saturated heterocycles. The van der Waals surface area contributed by atoms with Crippen LogP contribution in [0.5, 0.6) is 0 Å². The number of nitrogens with one attached hydrogen (secondary N) is 1. The molecule has 1 amide bonds. The Morgan fingerprint density at radius 1 is 1.47 bits per heavy atom. The number of hydrogen-bond donors (Lipinski definition) is 3. The van der Waals surface area contributed by atoms with Crippen LogP contribution in [0, 0.1) is 0 Å². The van der Waals surface area contributed by atoms with Gasteiger partial charge in [-0.3, -0.25) is 0 Å². The molecular weight excluding hydrogens is 252 g/mol. The molecule has 1 heterocycles. The third-order valence-electron chi connectivity index (χ3n) is 3.49. The van der Waals surface area contributed by atoms with E-state index in [1.807, 2.05) is 0 Å². The molecular formula is C12H23N2O5. The number of carbonyl (C=O) groups is 1. The lowest BCUT2D eigenvalue weighted by Crippen LogP contribution is -2.49. The van der Waals surface area contributed by atoms with Gasteiger partial charge in [0.15, 0.2) is 0 Å². The fourth-order valence-corrected chi connectivity index (χ4v) is 2.32. The van der Waals surface area contributed by atoms with E-state index in [1.54, 1.807) is 27.7 Å². The second kappa shape index (κ2) is 5.62. The van der Waals surface area contributed by atoms with E-state index < -0.39 is 36.0 Å². The van der Waals surface area contributed by atoms with Gasteiger partial charge in [0.25, 0.3) is 0 Å². The SMILES string of the molecule is CC1(C)CC(OC(=O)NCC(O)CO)C(C)(C)N1[O]. The molecule has 111 valence electrons. The minimum absolute atomic E-state index is 0.0903. The monoisotopic (exact) mass is 275 g/mol. The summed E-state index contributed by atoms with van der Waals surface area (Å²) in [5, 5.41) is 33.1. The molecule has 0 aromatic carbocycles. The van der Waals surface area contributed by atoms with Crippen molar-refractivity contribution in [3.8, 4) is 0 Å². The van der Waals surface area contributed by atoms with Crippen LogP contribution in [-0.2, 0) is 9.94 Å². The van der Waals surface area contributed by atoms with Crippen LogP contribution < -0.4 is 5.32 Å². The van der Waals surface area contributed by atoms with Crippen molar-refractivity contribution in [2.75, 3.05) is 13.2 Å². The number of rotatable bonds is 4. The lowest BCUT2D eigenvalue weighted by Gasteiger charge is -2.32. The topological polar surface area (TPSA) is 102 Å². The van der Waals surface area contributed by atoms with Gasteiger partial charge in [0.05, 0.1) is 18.2 Å². The van der Waals surface area contributed by atoms with Gasteiger partial charge in [-0.25, -0.2) is 4.79 Å². The Labute approximate surface area is 113 Å². The summed E-state index contributed by atoms with van der Waals surface area (Å²) >= 11 is 0. The highest BCUT2D eigenvalue weighted by Crippen LogP contribution is 2.41. The van der Waals surface area contributed by atoms with E-state index in [4.69, 9.17) is 14.9 Å². The molecule has 1 rings (SSSR count). The Hall–Kier alpha value is -0.890. The second-order valence-corrected chi connectivity index (χ2v) is 6.08. The molecule has 2 unspecified atom stereocenters. The summed E-state index contributed by atoms with van der Waals surface area (Å²) in [5.74, 6) is 0. The fourth-order valence-electron chi connectivity index (χ4n) is 2.32. The van der Waals surface area contributed by atoms with Crippen LogP contribution in [0.25, 0.3) is 0 Å². The molecule has 1 aliphatic rings. The summed E-state index contributed by atoms with van der Waals surface area (Å²) in [5.41, 5.74) is -1.38. The molecule has 1 fully saturated rings. The minimum atomic E-state index is -1.02. The van der Waals surface area contributed by atoms with Gasteiger partial charge in [0.2, 0.25) is 0 Å².